The monoisotopic (exact) mass is 792 g/mol. The van der Waals surface area contributed by atoms with Crippen LogP contribution in [0.2, 0.25) is 0 Å². The van der Waals surface area contributed by atoms with Crippen molar-refractivity contribution in [1.82, 2.24) is 20.2 Å². The highest BCUT2D eigenvalue weighted by atomic mass is 32.2. The van der Waals surface area contributed by atoms with Crippen molar-refractivity contribution in [1.29, 1.82) is 0 Å². The van der Waals surface area contributed by atoms with Crippen LogP contribution in [0, 0.1) is 0 Å². The van der Waals surface area contributed by atoms with E-state index < -0.39 is 28.1 Å². The SMILES string of the molecule is CCC(S[C@H](C=CC=CCCOCCOCCOCCOC)[C@@H](O)c1cccc(-c2nnn(C(c3ccccc3)(c3ccccc3)c3ccccc3)n2)c1)C(=O)O. The van der Waals surface area contributed by atoms with Crippen molar-refractivity contribution in [2.45, 2.75) is 41.9 Å². The molecule has 0 saturated carbocycles. The summed E-state index contributed by atoms with van der Waals surface area (Å²) in [7, 11) is 1.64. The number of carbonyl (C=O) groups is 1. The predicted molar refractivity (Wildman–Crippen MR) is 223 cm³/mol. The molecule has 5 aromatic rings. The van der Waals surface area contributed by atoms with Crippen LogP contribution < -0.4 is 0 Å². The first-order valence-corrected chi connectivity index (χ1v) is 20.1. The van der Waals surface area contributed by atoms with E-state index in [4.69, 9.17) is 24.0 Å². The van der Waals surface area contributed by atoms with Crippen molar-refractivity contribution >= 4 is 17.7 Å². The zero-order valence-electron chi connectivity index (χ0n) is 32.5. The van der Waals surface area contributed by atoms with Crippen molar-refractivity contribution in [2.75, 3.05) is 53.4 Å². The third-order valence-electron chi connectivity index (χ3n) is 9.21. The Morgan fingerprint density at radius 1 is 0.772 bits per heavy atom. The minimum absolute atomic E-state index is 0.386. The summed E-state index contributed by atoms with van der Waals surface area (Å²) in [5.41, 5.74) is 3.24. The molecule has 1 heterocycles. The fourth-order valence-electron chi connectivity index (χ4n) is 6.34. The summed E-state index contributed by atoms with van der Waals surface area (Å²) < 4.78 is 21.4. The van der Waals surface area contributed by atoms with Gasteiger partial charge in [0, 0.05) is 12.7 Å². The molecule has 2 N–H and O–H groups in total. The first kappa shape index (κ1) is 43.2. The summed E-state index contributed by atoms with van der Waals surface area (Å²) in [4.78, 5) is 13.7. The second-order valence-electron chi connectivity index (χ2n) is 13.0. The largest absolute Gasteiger partial charge is 0.480 e. The maximum Gasteiger partial charge on any atom is 0.316 e. The van der Waals surface area contributed by atoms with Gasteiger partial charge in [-0.15, -0.1) is 26.8 Å². The lowest BCUT2D eigenvalue weighted by Gasteiger charge is -2.34. The van der Waals surface area contributed by atoms with Crippen molar-refractivity contribution in [3.63, 3.8) is 0 Å². The smallest absolute Gasteiger partial charge is 0.316 e. The number of aliphatic hydroxyl groups is 1. The molecule has 57 heavy (non-hydrogen) atoms. The van der Waals surface area contributed by atoms with E-state index >= 15 is 0 Å². The molecule has 11 nitrogen and oxygen atoms in total. The molecule has 4 aromatic carbocycles. The highest BCUT2D eigenvalue weighted by molar-refractivity contribution is 8.01. The number of carboxylic acid groups (broad SMARTS) is 1. The van der Waals surface area contributed by atoms with Crippen LogP contribution in [0.25, 0.3) is 11.4 Å². The molecule has 0 saturated heterocycles. The quantitative estimate of drug-likeness (QED) is 0.0348. The van der Waals surface area contributed by atoms with Crippen molar-refractivity contribution in [3.8, 4) is 11.4 Å². The molecule has 5 rings (SSSR count). The van der Waals surface area contributed by atoms with Crippen molar-refractivity contribution < 1.29 is 34.0 Å². The Hall–Kier alpha value is -4.95. The topological polar surface area (TPSA) is 138 Å². The fourth-order valence-corrected chi connectivity index (χ4v) is 7.51. The van der Waals surface area contributed by atoms with Crippen LogP contribution in [0.15, 0.2) is 140 Å². The molecule has 12 heteroatoms. The van der Waals surface area contributed by atoms with E-state index in [-0.39, 0.29) is 0 Å². The Bertz CT molecular complexity index is 1860. The van der Waals surface area contributed by atoms with Gasteiger partial charge < -0.3 is 29.2 Å². The van der Waals surface area contributed by atoms with E-state index in [1.807, 2.05) is 110 Å². The normalized spacial score (nSPS) is 13.6. The molecule has 1 aromatic heterocycles. The van der Waals surface area contributed by atoms with Gasteiger partial charge in [0.15, 0.2) is 5.54 Å². The zero-order chi connectivity index (χ0) is 40.1. The summed E-state index contributed by atoms with van der Waals surface area (Å²) in [6.07, 6.45) is 7.62. The fraction of sp³-hybridized carbons (Fsp3) is 0.333. The van der Waals surface area contributed by atoms with E-state index in [0.29, 0.717) is 76.0 Å². The van der Waals surface area contributed by atoms with Crippen LogP contribution in [-0.2, 0) is 29.3 Å². The minimum Gasteiger partial charge on any atom is -0.480 e. The molecule has 300 valence electrons. The number of aliphatic hydroxyl groups excluding tert-OH is 1. The molecule has 3 atom stereocenters. The van der Waals surface area contributed by atoms with Crippen molar-refractivity contribution in [2.24, 2.45) is 0 Å². The lowest BCUT2D eigenvalue weighted by atomic mass is 9.77. The Kier molecular flexibility index (Phi) is 17.7. The van der Waals surface area contributed by atoms with Gasteiger partial charge in [-0.3, -0.25) is 4.79 Å². The van der Waals surface area contributed by atoms with Crippen LogP contribution in [0.3, 0.4) is 0 Å². The standard InChI is InChI=1S/C45H52N4O7S/c1-3-40(44(51)52)57-41(26-15-4-5-16-27-54-30-31-56-33-32-55-29-28-53-2)42(50)35-18-17-19-36(34-35)43-46-48-49(47-43)45(37-20-9-6-10-21-37,38-22-11-7-12-23-38)39-24-13-8-14-25-39/h4-15,17-26,34,40-42,50H,3,16,27-33H2,1-2H3,(H,51,52)/t40?,41-,42+/m1/s1. The third kappa shape index (κ3) is 12.0. The van der Waals surface area contributed by atoms with Gasteiger partial charge >= 0.3 is 5.97 Å². The minimum atomic E-state index is -1.02. The number of benzene rings is 4. The van der Waals surface area contributed by atoms with Crippen molar-refractivity contribution in [3.05, 3.63) is 162 Å². The summed E-state index contributed by atoms with van der Waals surface area (Å²) in [6, 6.07) is 37.8. The highest BCUT2D eigenvalue weighted by Gasteiger charge is 2.41. The van der Waals surface area contributed by atoms with E-state index in [1.54, 1.807) is 11.9 Å². The second-order valence-corrected chi connectivity index (χ2v) is 14.4. The van der Waals surface area contributed by atoms with Gasteiger partial charge in [0.25, 0.3) is 0 Å². The number of rotatable bonds is 25. The first-order chi connectivity index (χ1) is 28.0. The summed E-state index contributed by atoms with van der Waals surface area (Å²) >= 11 is 1.22. The molecule has 0 spiro atoms. The van der Waals surface area contributed by atoms with Gasteiger partial charge in [0.05, 0.1) is 57.6 Å². The average Bonchev–Trinajstić information content (AvgIpc) is 3.75. The Labute approximate surface area is 339 Å². The zero-order valence-corrected chi connectivity index (χ0v) is 33.3. The first-order valence-electron chi connectivity index (χ1n) is 19.2. The van der Waals surface area contributed by atoms with E-state index in [2.05, 4.69) is 46.7 Å². The second kappa shape index (κ2) is 23.3. The van der Waals surface area contributed by atoms with Crippen LogP contribution in [0.1, 0.15) is 48.1 Å². The van der Waals surface area contributed by atoms with E-state index in [1.165, 1.54) is 11.8 Å². The molecule has 1 unspecified atom stereocenters. The number of tetrazole rings is 1. The average molecular weight is 793 g/mol. The molecule has 0 aliphatic carbocycles. The van der Waals surface area contributed by atoms with E-state index in [0.717, 1.165) is 16.7 Å². The molecular weight excluding hydrogens is 741 g/mol. The van der Waals surface area contributed by atoms with Crippen LogP contribution in [0.5, 0.6) is 0 Å². The maximum absolute atomic E-state index is 12.1. The van der Waals surface area contributed by atoms with Gasteiger partial charge in [-0.05, 0) is 46.4 Å². The molecule has 0 aliphatic rings. The molecule has 0 fully saturated rings. The number of nitrogens with zero attached hydrogens (tertiary/aromatic N) is 4. The molecule has 0 aliphatic heterocycles. The Balaban J connectivity index is 1.31. The van der Waals surface area contributed by atoms with Crippen LogP contribution in [-0.4, -0.2) is 100 Å². The van der Waals surface area contributed by atoms with Gasteiger partial charge in [-0.25, -0.2) is 0 Å². The number of thioether (sulfide) groups is 1. The highest BCUT2D eigenvalue weighted by Crippen LogP contribution is 2.40. The Morgan fingerprint density at radius 3 is 1.88 bits per heavy atom. The lowest BCUT2D eigenvalue weighted by molar-refractivity contribution is -0.136. The van der Waals surface area contributed by atoms with Crippen LogP contribution >= 0.6 is 11.8 Å². The van der Waals surface area contributed by atoms with Gasteiger partial charge in [0.1, 0.15) is 5.25 Å². The summed E-state index contributed by atoms with van der Waals surface area (Å²) in [6.45, 7) is 5.47. The number of methoxy groups -OCH3 is 1. The number of aliphatic carboxylic acids is 1. The summed E-state index contributed by atoms with van der Waals surface area (Å²) in [5.74, 6) is -0.534. The van der Waals surface area contributed by atoms with Crippen LogP contribution in [0.4, 0.5) is 0 Å². The number of aromatic nitrogens is 4. The number of carboxylic acids is 1. The number of allylic oxidation sites excluding steroid dienone is 2. The number of hydrogen-bond acceptors (Lipinski definition) is 10. The molecule has 0 bridgehead atoms. The van der Waals surface area contributed by atoms with E-state index in [9.17, 15) is 15.0 Å². The lowest BCUT2D eigenvalue weighted by Crippen LogP contribution is -2.39. The molecular formula is C45H52N4O7S. The molecule has 0 radical (unpaired) electrons. The van der Waals surface area contributed by atoms with Gasteiger partial charge in [-0.1, -0.05) is 140 Å². The number of ether oxygens (including phenoxy) is 4. The Morgan fingerprint density at radius 2 is 1.33 bits per heavy atom. The number of hydrogen-bond donors (Lipinski definition) is 2. The summed E-state index contributed by atoms with van der Waals surface area (Å²) in [5, 5.41) is 34.7. The third-order valence-corrected chi connectivity index (χ3v) is 10.8. The van der Waals surface area contributed by atoms with Gasteiger partial charge in [0.2, 0.25) is 5.82 Å². The predicted octanol–water partition coefficient (Wildman–Crippen LogP) is 7.38. The molecule has 0 amide bonds. The maximum atomic E-state index is 12.1. The van der Waals surface area contributed by atoms with Gasteiger partial charge in [-0.2, -0.15) is 0 Å².